The van der Waals surface area contributed by atoms with Crippen LogP contribution >= 0.6 is 15.9 Å². The third-order valence-corrected chi connectivity index (χ3v) is 4.94. The summed E-state index contributed by atoms with van der Waals surface area (Å²) in [6.07, 6.45) is 0. The molecule has 3 heteroatoms. The molecule has 0 radical (unpaired) electrons. The Hall–Kier alpha value is -0.540. The summed E-state index contributed by atoms with van der Waals surface area (Å²) in [5, 5.41) is 3.47. The van der Waals surface area contributed by atoms with Crippen LogP contribution in [0.15, 0.2) is 10.5 Å². The van der Waals surface area contributed by atoms with E-state index in [1.165, 1.54) is 16.7 Å². The number of ether oxygens (including phenoxy) is 1. The number of aryl methyl sites for hydroxylation is 1. The van der Waals surface area contributed by atoms with Gasteiger partial charge in [-0.2, -0.15) is 0 Å². The van der Waals surface area contributed by atoms with Crippen LogP contribution in [0.5, 0.6) is 5.75 Å². The van der Waals surface area contributed by atoms with Gasteiger partial charge in [0.2, 0.25) is 0 Å². The largest absolute Gasteiger partial charge is 0.496 e. The molecule has 0 aliphatic carbocycles. The number of nitrogens with one attached hydrogen (secondary N) is 1. The van der Waals surface area contributed by atoms with Crippen molar-refractivity contribution >= 4 is 15.9 Å². The summed E-state index contributed by atoms with van der Waals surface area (Å²) < 4.78 is 6.81. The first-order valence-electron chi connectivity index (χ1n) is 6.85. The van der Waals surface area contributed by atoms with Gasteiger partial charge in [0.05, 0.1) is 7.11 Å². The molecule has 0 aliphatic heterocycles. The van der Waals surface area contributed by atoms with Gasteiger partial charge in [-0.1, -0.05) is 36.7 Å². The molecule has 2 atom stereocenters. The van der Waals surface area contributed by atoms with Crippen LogP contribution in [0.2, 0.25) is 0 Å². The normalized spacial score (nSPS) is 14.6. The Morgan fingerprint density at radius 3 is 2.21 bits per heavy atom. The van der Waals surface area contributed by atoms with Gasteiger partial charge in [-0.05, 0) is 49.9 Å². The predicted octanol–water partition coefficient (Wildman–Crippen LogP) is 4.63. The maximum absolute atomic E-state index is 5.66. The number of hydrogen-bond acceptors (Lipinski definition) is 2. The van der Waals surface area contributed by atoms with Gasteiger partial charge < -0.3 is 10.1 Å². The zero-order valence-electron chi connectivity index (χ0n) is 13.1. The SMILES string of the molecule is CNC(c1c(C)c(Br)cc(C)c1OC)C(C)C(C)C. The zero-order valence-corrected chi connectivity index (χ0v) is 14.7. The molecule has 0 aliphatic rings. The fourth-order valence-corrected chi connectivity index (χ4v) is 3.13. The minimum atomic E-state index is 0.297. The number of methoxy groups -OCH3 is 1. The number of halogens is 1. The average molecular weight is 328 g/mol. The van der Waals surface area contributed by atoms with Crippen LogP contribution in [0.3, 0.4) is 0 Å². The average Bonchev–Trinajstić information content (AvgIpc) is 2.35. The lowest BCUT2D eigenvalue weighted by Crippen LogP contribution is -2.28. The topological polar surface area (TPSA) is 21.3 Å². The summed E-state index contributed by atoms with van der Waals surface area (Å²) in [4.78, 5) is 0. The second-order valence-corrected chi connectivity index (χ2v) is 6.47. The lowest BCUT2D eigenvalue weighted by Gasteiger charge is -2.30. The standard InChI is InChI=1S/C16H26BrNO/c1-9(2)11(4)15(18-6)14-12(5)13(17)8-10(3)16(14)19-7/h8-9,11,15,18H,1-7H3. The number of benzene rings is 1. The van der Waals surface area contributed by atoms with E-state index in [1.807, 2.05) is 7.05 Å². The van der Waals surface area contributed by atoms with E-state index >= 15 is 0 Å². The van der Waals surface area contributed by atoms with E-state index in [-0.39, 0.29) is 0 Å². The highest BCUT2D eigenvalue weighted by Crippen LogP contribution is 2.40. The van der Waals surface area contributed by atoms with E-state index in [9.17, 15) is 0 Å². The van der Waals surface area contributed by atoms with Crippen molar-refractivity contribution < 1.29 is 4.74 Å². The van der Waals surface area contributed by atoms with Crippen LogP contribution in [0.25, 0.3) is 0 Å². The van der Waals surface area contributed by atoms with Gasteiger partial charge in [-0.15, -0.1) is 0 Å². The van der Waals surface area contributed by atoms with E-state index in [2.05, 4.69) is 61.9 Å². The maximum Gasteiger partial charge on any atom is 0.126 e. The van der Waals surface area contributed by atoms with E-state index in [0.717, 1.165) is 10.2 Å². The number of rotatable bonds is 5. The summed E-state index contributed by atoms with van der Waals surface area (Å²) in [6, 6.07) is 2.43. The molecular formula is C16H26BrNO. The van der Waals surface area contributed by atoms with Crippen molar-refractivity contribution in [2.75, 3.05) is 14.2 Å². The Morgan fingerprint density at radius 2 is 1.79 bits per heavy atom. The van der Waals surface area contributed by atoms with Gasteiger partial charge in [0.15, 0.2) is 0 Å². The van der Waals surface area contributed by atoms with E-state index < -0.39 is 0 Å². The van der Waals surface area contributed by atoms with Crippen LogP contribution < -0.4 is 10.1 Å². The molecular weight excluding hydrogens is 302 g/mol. The second kappa shape index (κ2) is 6.76. The molecule has 0 amide bonds. The molecule has 1 N–H and O–H groups in total. The highest BCUT2D eigenvalue weighted by molar-refractivity contribution is 9.10. The molecule has 0 saturated carbocycles. The lowest BCUT2D eigenvalue weighted by atomic mass is 9.83. The van der Waals surface area contributed by atoms with Gasteiger partial charge in [-0.3, -0.25) is 0 Å². The van der Waals surface area contributed by atoms with Gasteiger partial charge in [0.25, 0.3) is 0 Å². The molecule has 0 heterocycles. The Labute approximate surface area is 126 Å². The third-order valence-electron chi connectivity index (χ3n) is 4.11. The predicted molar refractivity (Wildman–Crippen MR) is 86.0 cm³/mol. The third kappa shape index (κ3) is 3.32. The molecule has 2 nitrogen and oxygen atoms in total. The minimum absolute atomic E-state index is 0.297. The van der Waals surface area contributed by atoms with E-state index in [1.54, 1.807) is 7.11 Å². The van der Waals surface area contributed by atoms with Crippen LogP contribution in [0.1, 0.15) is 43.5 Å². The van der Waals surface area contributed by atoms with Crippen LogP contribution in [-0.4, -0.2) is 14.2 Å². The van der Waals surface area contributed by atoms with Crippen LogP contribution in [0.4, 0.5) is 0 Å². The lowest BCUT2D eigenvalue weighted by molar-refractivity contribution is 0.305. The molecule has 0 bridgehead atoms. The van der Waals surface area contributed by atoms with Crippen molar-refractivity contribution in [3.05, 3.63) is 27.2 Å². The first-order chi connectivity index (χ1) is 8.84. The van der Waals surface area contributed by atoms with Crippen molar-refractivity contribution in [3.8, 4) is 5.75 Å². The van der Waals surface area contributed by atoms with Crippen molar-refractivity contribution in [2.45, 2.75) is 40.7 Å². The summed E-state index contributed by atoms with van der Waals surface area (Å²) in [7, 11) is 3.78. The smallest absolute Gasteiger partial charge is 0.126 e. The van der Waals surface area contributed by atoms with Gasteiger partial charge in [0, 0.05) is 16.1 Å². The van der Waals surface area contributed by atoms with E-state index in [0.29, 0.717) is 17.9 Å². The fraction of sp³-hybridized carbons (Fsp3) is 0.625. The number of hydrogen-bond donors (Lipinski definition) is 1. The molecule has 19 heavy (non-hydrogen) atoms. The highest BCUT2D eigenvalue weighted by atomic mass is 79.9. The molecule has 0 saturated heterocycles. The summed E-state index contributed by atoms with van der Waals surface area (Å²) in [5.41, 5.74) is 3.71. The zero-order chi connectivity index (χ0) is 14.7. The van der Waals surface area contributed by atoms with Crippen LogP contribution in [-0.2, 0) is 0 Å². The van der Waals surface area contributed by atoms with Crippen molar-refractivity contribution in [2.24, 2.45) is 11.8 Å². The molecule has 108 valence electrons. The van der Waals surface area contributed by atoms with Crippen molar-refractivity contribution in [1.82, 2.24) is 5.32 Å². The molecule has 2 unspecified atom stereocenters. The highest BCUT2D eigenvalue weighted by Gasteiger charge is 2.26. The fourth-order valence-electron chi connectivity index (χ4n) is 2.58. The first-order valence-corrected chi connectivity index (χ1v) is 7.65. The summed E-state index contributed by atoms with van der Waals surface area (Å²) in [6.45, 7) is 11.1. The van der Waals surface area contributed by atoms with Gasteiger partial charge in [-0.25, -0.2) is 0 Å². The molecule has 0 spiro atoms. The first kappa shape index (κ1) is 16.5. The maximum atomic E-state index is 5.66. The van der Waals surface area contributed by atoms with E-state index in [4.69, 9.17) is 4.74 Å². The molecule has 1 aromatic carbocycles. The van der Waals surface area contributed by atoms with Crippen molar-refractivity contribution in [1.29, 1.82) is 0 Å². The minimum Gasteiger partial charge on any atom is -0.496 e. The molecule has 1 aromatic rings. The molecule has 1 rings (SSSR count). The van der Waals surface area contributed by atoms with Crippen molar-refractivity contribution in [3.63, 3.8) is 0 Å². The van der Waals surface area contributed by atoms with Gasteiger partial charge >= 0.3 is 0 Å². The quantitative estimate of drug-likeness (QED) is 0.851. The second-order valence-electron chi connectivity index (χ2n) is 5.62. The summed E-state index contributed by atoms with van der Waals surface area (Å²) in [5.74, 6) is 2.15. The molecule has 0 fully saturated rings. The summed E-state index contributed by atoms with van der Waals surface area (Å²) >= 11 is 3.66. The Bertz CT molecular complexity index is 443. The molecule has 0 aromatic heterocycles. The Morgan fingerprint density at radius 1 is 1.21 bits per heavy atom. The monoisotopic (exact) mass is 327 g/mol. The Kier molecular flexibility index (Phi) is 5.87. The van der Waals surface area contributed by atoms with Gasteiger partial charge in [0.1, 0.15) is 5.75 Å². The Balaban J connectivity index is 3.45. The van der Waals surface area contributed by atoms with Crippen LogP contribution in [0, 0.1) is 25.7 Å².